The molecule has 2 rings (SSSR count). The van der Waals surface area contributed by atoms with Crippen LogP contribution in [0.15, 0.2) is 24.3 Å². The molecule has 1 aliphatic rings. The third kappa shape index (κ3) is 3.51. The van der Waals surface area contributed by atoms with Gasteiger partial charge in [-0.25, -0.2) is 0 Å². The number of amides is 1. The summed E-state index contributed by atoms with van der Waals surface area (Å²) in [5.74, 6) is 0.324. The maximum atomic E-state index is 12.0. The molecule has 0 saturated heterocycles. The number of carbonyl (C=O) groups is 1. The van der Waals surface area contributed by atoms with E-state index in [1.54, 1.807) is 18.2 Å². The van der Waals surface area contributed by atoms with E-state index in [2.05, 4.69) is 12.2 Å². The topological polar surface area (TPSA) is 69.6 Å². The van der Waals surface area contributed by atoms with Crippen molar-refractivity contribution in [3.8, 4) is 5.75 Å². The van der Waals surface area contributed by atoms with E-state index in [-0.39, 0.29) is 23.8 Å². The molecule has 0 radical (unpaired) electrons. The van der Waals surface area contributed by atoms with Crippen LogP contribution in [0, 0.1) is 5.92 Å². The van der Waals surface area contributed by atoms with Gasteiger partial charge in [0.1, 0.15) is 5.75 Å². The lowest BCUT2D eigenvalue weighted by atomic mass is 9.78. The molecule has 1 aromatic carbocycles. The van der Waals surface area contributed by atoms with Crippen LogP contribution in [-0.4, -0.2) is 28.3 Å². The van der Waals surface area contributed by atoms with Crippen molar-refractivity contribution < 1.29 is 15.0 Å². The SMILES string of the molecule is CCC1CCC(O)(CNC(=O)c2ccccc2O)CC1. The maximum Gasteiger partial charge on any atom is 0.255 e. The van der Waals surface area contributed by atoms with Gasteiger partial charge >= 0.3 is 0 Å². The van der Waals surface area contributed by atoms with Crippen molar-refractivity contribution in [2.75, 3.05) is 6.54 Å². The van der Waals surface area contributed by atoms with Gasteiger partial charge < -0.3 is 15.5 Å². The van der Waals surface area contributed by atoms with Gasteiger partial charge in [0.2, 0.25) is 0 Å². The molecule has 0 bridgehead atoms. The summed E-state index contributed by atoms with van der Waals surface area (Å²) in [6.45, 7) is 2.42. The van der Waals surface area contributed by atoms with E-state index in [4.69, 9.17) is 0 Å². The van der Waals surface area contributed by atoms with Crippen molar-refractivity contribution in [2.24, 2.45) is 5.92 Å². The lowest BCUT2D eigenvalue weighted by Gasteiger charge is -2.35. The number of phenolic OH excluding ortho intramolecular Hbond substituents is 1. The number of phenols is 1. The van der Waals surface area contributed by atoms with Crippen LogP contribution in [0.25, 0.3) is 0 Å². The molecule has 0 aliphatic heterocycles. The number of aliphatic hydroxyl groups is 1. The highest BCUT2D eigenvalue weighted by atomic mass is 16.3. The highest BCUT2D eigenvalue weighted by Gasteiger charge is 2.33. The van der Waals surface area contributed by atoms with Gasteiger partial charge in [-0.2, -0.15) is 0 Å². The first kappa shape index (κ1) is 14.9. The summed E-state index contributed by atoms with van der Waals surface area (Å²) in [7, 11) is 0. The normalized spacial score (nSPS) is 26.2. The molecule has 4 nitrogen and oxygen atoms in total. The Kier molecular flexibility index (Phi) is 4.65. The van der Waals surface area contributed by atoms with Gasteiger partial charge in [0.05, 0.1) is 11.2 Å². The van der Waals surface area contributed by atoms with Crippen LogP contribution in [0.1, 0.15) is 49.4 Å². The first-order valence-corrected chi connectivity index (χ1v) is 7.32. The third-order valence-corrected chi connectivity index (χ3v) is 4.34. The Morgan fingerprint density at radius 3 is 2.60 bits per heavy atom. The van der Waals surface area contributed by atoms with Gasteiger partial charge in [-0.3, -0.25) is 4.79 Å². The Balaban J connectivity index is 1.89. The van der Waals surface area contributed by atoms with E-state index in [0.717, 1.165) is 32.1 Å². The van der Waals surface area contributed by atoms with Gasteiger partial charge in [-0.05, 0) is 43.7 Å². The second-order valence-electron chi connectivity index (χ2n) is 5.78. The molecular weight excluding hydrogens is 254 g/mol. The maximum absolute atomic E-state index is 12.0. The van der Waals surface area contributed by atoms with Crippen molar-refractivity contribution in [1.82, 2.24) is 5.32 Å². The zero-order chi connectivity index (χ0) is 14.6. The minimum Gasteiger partial charge on any atom is -0.507 e. The molecule has 1 saturated carbocycles. The first-order valence-electron chi connectivity index (χ1n) is 7.32. The number of benzene rings is 1. The van der Waals surface area contributed by atoms with Crippen LogP contribution in [0.3, 0.4) is 0 Å². The predicted molar refractivity (Wildman–Crippen MR) is 77.6 cm³/mol. The van der Waals surface area contributed by atoms with Crippen molar-refractivity contribution in [3.05, 3.63) is 29.8 Å². The first-order chi connectivity index (χ1) is 9.54. The summed E-state index contributed by atoms with van der Waals surface area (Å²) in [6.07, 6.45) is 4.64. The van der Waals surface area contributed by atoms with Crippen molar-refractivity contribution in [2.45, 2.75) is 44.6 Å². The predicted octanol–water partition coefficient (Wildman–Crippen LogP) is 2.45. The second-order valence-corrected chi connectivity index (χ2v) is 5.78. The quantitative estimate of drug-likeness (QED) is 0.791. The van der Waals surface area contributed by atoms with E-state index in [9.17, 15) is 15.0 Å². The Morgan fingerprint density at radius 2 is 2.00 bits per heavy atom. The molecule has 4 heteroatoms. The largest absolute Gasteiger partial charge is 0.507 e. The van der Waals surface area contributed by atoms with Crippen LogP contribution < -0.4 is 5.32 Å². The summed E-state index contributed by atoms with van der Waals surface area (Å²) in [5, 5.41) is 22.8. The number of para-hydroxylation sites is 1. The molecule has 1 fully saturated rings. The number of nitrogens with one attached hydrogen (secondary N) is 1. The minimum atomic E-state index is -0.800. The van der Waals surface area contributed by atoms with Crippen molar-refractivity contribution in [1.29, 1.82) is 0 Å². The Bertz CT molecular complexity index is 465. The molecule has 1 amide bonds. The molecule has 0 unspecified atom stereocenters. The molecule has 0 atom stereocenters. The zero-order valence-corrected chi connectivity index (χ0v) is 11.9. The Hall–Kier alpha value is -1.55. The van der Waals surface area contributed by atoms with Crippen molar-refractivity contribution >= 4 is 5.91 Å². The number of rotatable bonds is 4. The van der Waals surface area contributed by atoms with Gasteiger partial charge in [0.25, 0.3) is 5.91 Å². The van der Waals surface area contributed by atoms with E-state index in [1.807, 2.05) is 0 Å². The average Bonchev–Trinajstić information content (AvgIpc) is 2.46. The van der Waals surface area contributed by atoms with Gasteiger partial charge in [0, 0.05) is 6.54 Å². The number of hydrogen-bond acceptors (Lipinski definition) is 3. The smallest absolute Gasteiger partial charge is 0.255 e. The summed E-state index contributed by atoms with van der Waals surface area (Å²) in [6, 6.07) is 6.43. The fraction of sp³-hybridized carbons (Fsp3) is 0.562. The monoisotopic (exact) mass is 277 g/mol. The lowest BCUT2D eigenvalue weighted by Crippen LogP contribution is -2.45. The van der Waals surface area contributed by atoms with Crippen LogP contribution in [0.4, 0.5) is 0 Å². The Labute approximate surface area is 119 Å². The fourth-order valence-electron chi connectivity index (χ4n) is 2.81. The third-order valence-electron chi connectivity index (χ3n) is 4.34. The number of hydrogen-bond donors (Lipinski definition) is 3. The summed E-state index contributed by atoms with van der Waals surface area (Å²) in [5.41, 5.74) is -0.551. The van der Waals surface area contributed by atoms with Gasteiger partial charge in [-0.15, -0.1) is 0 Å². The molecule has 110 valence electrons. The highest BCUT2D eigenvalue weighted by molar-refractivity contribution is 5.96. The molecule has 3 N–H and O–H groups in total. The lowest BCUT2D eigenvalue weighted by molar-refractivity contribution is -0.00788. The summed E-state index contributed by atoms with van der Waals surface area (Å²) in [4.78, 5) is 12.0. The van der Waals surface area contributed by atoms with Crippen LogP contribution >= 0.6 is 0 Å². The highest BCUT2D eigenvalue weighted by Crippen LogP contribution is 2.33. The van der Waals surface area contributed by atoms with Crippen LogP contribution in [-0.2, 0) is 0 Å². The molecule has 20 heavy (non-hydrogen) atoms. The fourth-order valence-corrected chi connectivity index (χ4v) is 2.81. The van der Waals surface area contributed by atoms with E-state index in [1.165, 1.54) is 6.07 Å². The van der Waals surface area contributed by atoms with Gasteiger partial charge in [-0.1, -0.05) is 25.5 Å². The van der Waals surface area contributed by atoms with E-state index >= 15 is 0 Å². The van der Waals surface area contributed by atoms with E-state index in [0.29, 0.717) is 5.92 Å². The van der Waals surface area contributed by atoms with Gasteiger partial charge in [0.15, 0.2) is 0 Å². The Morgan fingerprint density at radius 1 is 1.35 bits per heavy atom. The summed E-state index contributed by atoms with van der Waals surface area (Å²) < 4.78 is 0. The summed E-state index contributed by atoms with van der Waals surface area (Å²) >= 11 is 0. The van der Waals surface area contributed by atoms with Crippen LogP contribution in [0.5, 0.6) is 5.75 Å². The number of aromatic hydroxyl groups is 1. The standard InChI is InChI=1S/C16H23NO3/c1-2-12-7-9-16(20,10-8-12)11-17-15(19)13-5-3-4-6-14(13)18/h3-6,12,18,20H,2,7-11H2,1H3,(H,17,19). The molecule has 1 aliphatic carbocycles. The molecule has 0 heterocycles. The molecule has 0 spiro atoms. The molecule has 0 aromatic heterocycles. The van der Waals surface area contributed by atoms with Crippen molar-refractivity contribution in [3.63, 3.8) is 0 Å². The molecule has 1 aromatic rings. The second kappa shape index (κ2) is 6.27. The number of carbonyl (C=O) groups excluding carboxylic acids is 1. The van der Waals surface area contributed by atoms with E-state index < -0.39 is 5.60 Å². The minimum absolute atomic E-state index is 0.0355. The van der Waals surface area contributed by atoms with Crippen LogP contribution in [0.2, 0.25) is 0 Å². The molecular formula is C16H23NO3. The average molecular weight is 277 g/mol. The zero-order valence-electron chi connectivity index (χ0n) is 11.9.